The summed E-state index contributed by atoms with van der Waals surface area (Å²) in [5.41, 5.74) is 0.729. The van der Waals surface area contributed by atoms with Crippen molar-refractivity contribution in [1.29, 1.82) is 0 Å². The van der Waals surface area contributed by atoms with Gasteiger partial charge in [0.05, 0.1) is 0 Å². The smallest absolute Gasteiger partial charge is 0.220 e. The Morgan fingerprint density at radius 2 is 2.09 bits per heavy atom. The molecule has 1 fully saturated rings. The molecule has 0 atom stereocenters. The molecule has 0 aromatic carbocycles. The van der Waals surface area contributed by atoms with Gasteiger partial charge in [-0.15, -0.1) is 15.3 Å². The Kier molecular flexibility index (Phi) is 4.50. The lowest BCUT2D eigenvalue weighted by Gasteiger charge is -2.15. The lowest BCUT2D eigenvalue weighted by atomic mass is 10.3. The van der Waals surface area contributed by atoms with Gasteiger partial charge in [0.1, 0.15) is 5.82 Å². The van der Waals surface area contributed by atoms with E-state index in [-0.39, 0.29) is 5.91 Å². The third-order valence-corrected chi connectivity index (χ3v) is 3.89. The van der Waals surface area contributed by atoms with Crippen LogP contribution in [0, 0.1) is 0 Å². The molecule has 22 heavy (non-hydrogen) atoms. The number of hydrogen-bond donors (Lipinski definition) is 1. The quantitative estimate of drug-likeness (QED) is 0.867. The van der Waals surface area contributed by atoms with E-state index in [0.717, 1.165) is 43.3 Å². The van der Waals surface area contributed by atoms with Crippen molar-refractivity contribution in [3.63, 3.8) is 0 Å². The second-order valence-corrected chi connectivity index (χ2v) is 5.62. The predicted molar refractivity (Wildman–Crippen MR) is 83.9 cm³/mol. The van der Waals surface area contributed by atoms with E-state index in [1.165, 1.54) is 12.8 Å². The first kappa shape index (κ1) is 14.7. The van der Waals surface area contributed by atoms with E-state index < -0.39 is 0 Å². The van der Waals surface area contributed by atoms with E-state index in [2.05, 4.69) is 25.5 Å². The molecule has 1 aliphatic heterocycles. The summed E-state index contributed by atoms with van der Waals surface area (Å²) < 4.78 is 1.76. The molecule has 1 saturated heterocycles. The first-order valence-corrected chi connectivity index (χ1v) is 8.01. The summed E-state index contributed by atoms with van der Waals surface area (Å²) >= 11 is 0. The number of aromatic nitrogens is 4. The summed E-state index contributed by atoms with van der Waals surface area (Å²) in [6.07, 6.45) is 4.34. The number of anilines is 1. The van der Waals surface area contributed by atoms with Crippen molar-refractivity contribution in [2.75, 3.05) is 24.5 Å². The fourth-order valence-electron chi connectivity index (χ4n) is 2.67. The Labute approximate surface area is 129 Å². The Bertz CT molecular complexity index is 647. The average Bonchev–Trinajstić information content (AvgIpc) is 3.19. The molecule has 2 aromatic rings. The van der Waals surface area contributed by atoms with Gasteiger partial charge in [0, 0.05) is 32.5 Å². The topological polar surface area (TPSA) is 75.4 Å². The summed E-state index contributed by atoms with van der Waals surface area (Å²) in [6.45, 7) is 4.86. The molecule has 118 valence electrons. The largest absolute Gasteiger partial charge is 0.356 e. The summed E-state index contributed by atoms with van der Waals surface area (Å²) in [4.78, 5) is 14.0. The number of aryl methyl sites for hydroxylation is 1. The van der Waals surface area contributed by atoms with Gasteiger partial charge in [-0.05, 0) is 31.4 Å². The first-order valence-electron chi connectivity index (χ1n) is 8.01. The average molecular weight is 302 g/mol. The van der Waals surface area contributed by atoms with Crippen LogP contribution in [0.25, 0.3) is 5.65 Å². The van der Waals surface area contributed by atoms with E-state index in [1.807, 2.05) is 19.1 Å². The number of carbonyl (C=O) groups is 1. The number of fused-ring (bicyclic) bond motifs is 1. The van der Waals surface area contributed by atoms with Gasteiger partial charge in [-0.2, -0.15) is 4.52 Å². The summed E-state index contributed by atoms with van der Waals surface area (Å²) in [6, 6.07) is 3.93. The Hall–Kier alpha value is -2.18. The van der Waals surface area contributed by atoms with Crippen LogP contribution in [0.4, 0.5) is 5.82 Å². The van der Waals surface area contributed by atoms with Crippen LogP contribution in [0.2, 0.25) is 0 Å². The number of amides is 1. The maximum Gasteiger partial charge on any atom is 0.220 e. The molecule has 1 N–H and O–H groups in total. The Balaban J connectivity index is 1.72. The second kappa shape index (κ2) is 6.72. The number of rotatable bonds is 6. The fourth-order valence-corrected chi connectivity index (χ4v) is 2.67. The molecule has 7 heteroatoms. The minimum atomic E-state index is 0.0503. The van der Waals surface area contributed by atoms with Crippen LogP contribution in [0.15, 0.2) is 12.1 Å². The molecule has 0 radical (unpaired) electrons. The molecule has 0 saturated carbocycles. The van der Waals surface area contributed by atoms with Crippen molar-refractivity contribution < 1.29 is 4.79 Å². The predicted octanol–water partition coefficient (Wildman–Crippen LogP) is 1.18. The zero-order valence-electron chi connectivity index (χ0n) is 13.0. The van der Waals surface area contributed by atoms with Gasteiger partial charge in [-0.1, -0.05) is 6.92 Å². The molecule has 1 amide bonds. The maximum absolute atomic E-state index is 11.7. The molecule has 7 nitrogen and oxygen atoms in total. The summed E-state index contributed by atoms with van der Waals surface area (Å²) in [7, 11) is 0. The second-order valence-electron chi connectivity index (χ2n) is 5.62. The fraction of sp³-hybridized carbons (Fsp3) is 0.600. The monoisotopic (exact) mass is 302 g/mol. The molecule has 3 heterocycles. The minimum absolute atomic E-state index is 0.0503. The third kappa shape index (κ3) is 3.18. The van der Waals surface area contributed by atoms with Gasteiger partial charge < -0.3 is 10.2 Å². The normalized spacial score (nSPS) is 14.7. The van der Waals surface area contributed by atoms with Crippen molar-refractivity contribution >= 4 is 17.4 Å². The van der Waals surface area contributed by atoms with Crippen molar-refractivity contribution in [3.05, 3.63) is 18.0 Å². The van der Waals surface area contributed by atoms with E-state index in [1.54, 1.807) is 4.52 Å². The van der Waals surface area contributed by atoms with Gasteiger partial charge in [-0.25, -0.2) is 0 Å². The zero-order chi connectivity index (χ0) is 15.4. The SMILES string of the molecule is CCCNC(=O)CCc1nnc2ccc(N3CCCC3)nn12. The molecular weight excluding hydrogens is 280 g/mol. The van der Waals surface area contributed by atoms with Gasteiger partial charge in [0.15, 0.2) is 11.5 Å². The number of hydrogen-bond acceptors (Lipinski definition) is 5. The number of carbonyl (C=O) groups excluding carboxylic acids is 1. The minimum Gasteiger partial charge on any atom is -0.356 e. The van der Waals surface area contributed by atoms with Crippen molar-refractivity contribution in [2.45, 2.75) is 39.0 Å². The summed E-state index contributed by atoms with van der Waals surface area (Å²) in [5, 5.41) is 15.8. The third-order valence-electron chi connectivity index (χ3n) is 3.89. The Morgan fingerprint density at radius 1 is 1.27 bits per heavy atom. The van der Waals surface area contributed by atoms with Crippen LogP contribution in [-0.4, -0.2) is 45.4 Å². The van der Waals surface area contributed by atoms with Crippen molar-refractivity contribution in [1.82, 2.24) is 25.1 Å². The molecular formula is C15H22N6O. The Morgan fingerprint density at radius 3 is 2.86 bits per heavy atom. The number of nitrogens with one attached hydrogen (secondary N) is 1. The van der Waals surface area contributed by atoms with Crippen LogP contribution >= 0.6 is 0 Å². The number of nitrogens with zero attached hydrogens (tertiary/aromatic N) is 5. The molecule has 1 aliphatic rings. The van der Waals surface area contributed by atoms with Crippen LogP contribution < -0.4 is 10.2 Å². The molecule has 0 unspecified atom stereocenters. The van der Waals surface area contributed by atoms with Crippen molar-refractivity contribution in [3.8, 4) is 0 Å². The maximum atomic E-state index is 11.7. The van der Waals surface area contributed by atoms with Crippen LogP contribution in [0.3, 0.4) is 0 Å². The molecule has 2 aromatic heterocycles. The van der Waals surface area contributed by atoms with E-state index >= 15 is 0 Å². The van der Waals surface area contributed by atoms with Crippen LogP contribution in [-0.2, 0) is 11.2 Å². The van der Waals surface area contributed by atoms with E-state index in [0.29, 0.717) is 12.8 Å². The van der Waals surface area contributed by atoms with Gasteiger partial charge in [0.25, 0.3) is 0 Å². The first-order chi connectivity index (χ1) is 10.8. The highest BCUT2D eigenvalue weighted by Crippen LogP contribution is 2.18. The highest BCUT2D eigenvalue weighted by molar-refractivity contribution is 5.76. The molecule has 0 spiro atoms. The lowest BCUT2D eigenvalue weighted by Crippen LogP contribution is -2.24. The van der Waals surface area contributed by atoms with E-state index in [9.17, 15) is 4.79 Å². The van der Waals surface area contributed by atoms with Crippen molar-refractivity contribution in [2.24, 2.45) is 0 Å². The molecule has 0 aliphatic carbocycles. The van der Waals surface area contributed by atoms with E-state index in [4.69, 9.17) is 0 Å². The van der Waals surface area contributed by atoms with Crippen LogP contribution in [0.5, 0.6) is 0 Å². The van der Waals surface area contributed by atoms with Gasteiger partial charge in [-0.3, -0.25) is 4.79 Å². The lowest BCUT2D eigenvalue weighted by molar-refractivity contribution is -0.121. The van der Waals surface area contributed by atoms with Crippen LogP contribution in [0.1, 0.15) is 38.4 Å². The zero-order valence-corrected chi connectivity index (χ0v) is 13.0. The molecule has 3 rings (SSSR count). The molecule has 0 bridgehead atoms. The van der Waals surface area contributed by atoms with Gasteiger partial charge >= 0.3 is 0 Å². The van der Waals surface area contributed by atoms with Gasteiger partial charge in [0.2, 0.25) is 5.91 Å². The standard InChI is InChI=1S/C15H22N6O/c1-2-9-16-15(22)8-7-13-18-17-12-5-6-14(19-21(12)13)20-10-3-4-11-20/h5-6H,2-4,7-11H2,1H3,(H,16,22). The highest BCUT2D eigenvalue weighted by Gasteiger charge is 2.16. The summed E-state index contributed by atoms with van der Waals surface area (Å²) in [5.74, 6) is 1.75. The highest BCUT2D eigenvalue weighted by atomic mass is 16.1.